The highest BCUT2D eigenvalue weighted by atomic mass is 35.5. The van der Waals surface area contributed by atoms with E-state index in [0.29, 0.717) is 31.1 Å². The van der Waals surface area contributed by atoms with Crippen molar-refractivity contribution in [2.24, 2.45) is 5.92 Å². The van der Waals surface area contributed by atoms with Gasteiger partial charge in [-0.1, -0.05) is 35.9 Å². The van der Waals surface area contributed by atoms with Crippen LogP contribution in [0.5, 0.6) is 5.75 Å². The zero-order valence-electron chi connectivity index (χ0n) is 24.4. The molecule has 2 aromatic carbocycles. The molecular weight excluding hydrogens is 610 g/mol. The first-order chi connectivity index (χ1) is 21.3. The first-order valence-electron chi connectivity index (χ1n) is 14.2. The first kappa shape index (κ1) is 35.3. The van der Waals surface area contributed by atoms with Crippen molar-refractivity contribution in [3.8, 4) is 11.8 Å². The van der Waals surface area contributed by atoms with E-state index in [1.165, 1.54) is 17.2 Å². The van der Waals surface area contributed by atoms with Gasteiger partial charge in [-0.15, -0.1) is 0 Å². The van der Waals surface area contributed by atoms with Crippen molar-refractivity contribution in [3.63, 3.8) is 0 Å². The van der Waals surface area contributed by atoms with Gasteiger partial charge in [0.2, 0.25) is 5.91 Å². The predicted octanol–water partition coefficient (Wildman–Crippen LogP) is 2.51. The fraction of sp³-hybridized carbons (Fsp3) is 0.452. The second-order valence-corrected chi connectivity index (χ2v) is 11.5. The van der Waals surface area contributed by atoms with Crippen LogP contribution in [0, 0.1) is 17.2 Å². The number of aromatic hydroxyl groups is 1. The Hall–Kier alpha value is -4.22. The molecule has 1 spiro atoms. The standard InChI is InChI=1S/C25H28ClN3O3.C6H8O7/c26-23-7-6-21(30)15-19(23)14-20(24(31)28-11-3-10-27)16-29-12-8-25(9-13-29)22-5-2-1-4-18(22)17-32-25;7-3(8)1-6(13,5(11)12)2-4(9)10/h1-2,4-7,15,20,30H,3,8-9,11-14,16-17H2,(H,28,31);13H,1-2H2,(H,7,8)(H,9,10)(H,11,12). The van der Waals surface area contributed by atoms with Gasteiger partial charge < -0.3 is 40.5 Å². The van der Waals surface area contributed by atoms with E-state index in [1.54, 1.807) is 12.1 Å². The molecule has 6 N–H and O–H groups in total. The summed E-state index contributed by atoms with van der Waals surface area (Å²) in [4.78, 5) is 45.7. The minimum atomic E-state index is -2.74. The Morgan fingerprint density at radius 2 is 1.71 bits per heavy atom. The number of ether oxygens (including phenoxy) is 1. The molecule has 1 unspecified atom stereocenters. The topological polar surface area (TPSA) is 218 Å². The van der Waals surface area contributed by atoms with Crippen LogP contribution < -0.4 is 5.32 Å². The lowest BCUT2D eigenvalue weighted by molar-refractivity contribution is -0.170. The highest BCUT2D eigenvalue weighted by Gasteiger charge is 2.43. The molecule has 1 atom stereocenters. The Bertz CT molecular complexity index is 1420. The predicted molar refractivity (Wildman–Crippen MR) is 159 cm³/mol. The molecule has 0 bridgehead atoms. The van der Waals surface area contributed by atoms with E-state index in [4.69, 9.17) is 42.0 Å². The second-order valence-electron chi connectivity index (χ2n) is 11.1. The summed E-state index contributed by atoms with van der Waals surface area (Å²) < 4.78 is 6.26. The number of aliphatic hydroxyl groups is 1. The quantitative estimate of drug-likeness (QED) is 0.183. The van der Waals surface area contributed by atoms with Crippen LogP contribution in [0.25, 0.3) is 0 Å². The Balaban J connectivity index is 0.000000360. The molecule has 0 aliphatic carbocycles. The van der Waals surface area contributed by atoms with Gasteiger partial charge in [-0.05, 0) is 54.2 Å². The zero-order chi connectivity index (χ0) is 33.2. The molecule has 2 aliphatic heterocycles. The van der Waals surface area contributed by atoms with E-state index >= 15 is 0 Å². The fourth-order valence-electron chi connectivity index (χ4n) is 5.53. The summed E-state index contributed by atoms with van der Waals surface area (Å²) >= 11 is 6.33. The Morgan fingerprint density at radius 3 is 2.31 bits per heavy atom. The summed E-state index contributed by atoms with van der Waals surface area (Å²) in [5, 5.41) is 55.9. The van der Waals surface area contributed by atoms with Crippen LogP contribution in [0.4, 0.5) is 0 Å². The van der Waals surface area contributed by atoms with E-state index in [0.717, 1.165) is 31.5 Å². The maximum absolute atomic E-state index is 12.9. The summed E-state index contributed by atoms with van der Waals surface area (Å²) in [5.74, 6) is -5.32. The number of piperidine rings is 1. The number of nitrogens with zero attached hydrogens (tertiary/aromatic N) is 2. The molecule has 0 aromatic heterocycles. The smallest absolute Gasteiger partial charge is 0.336 e. The first-order valence-corrected chi connectivity index (χ1v) is 14.6. The fourth-order valence-corrected chi connectivity index (χ4v) is 5.72. The molecule has 2 heterocycles. The van der Waals surface area contributed by atoms with E-state index in [1.807, 2.05) is 0 Å². The molecule has 1 amide bonds. The number of fused-ring (bicyclic) bond motifs is 2. The molecule has 2 aromatic rings. The van der Waals surface area contributed by atoms with Crippen LogP contribution in [0.2, 0.25) is 5.02 Å². The van der Waals surface area contributed by atoms with Crippen molar-refractivity contribution < 1.29 is 49.4 Å². The summed E-state index contributed by atoms with van der Waals surface area (Å²) in [6, 6.07) is 15.3. The Morgan fingerprint density at radius 1 is 1.07 bits per heavy atom. The number of carboxylic acid groups (broad SMARTS) is 3. The molecule has 45 heavy (non-hydrogen) atoms. The Kier molecular flexibility index (Phi) is 12.3. The molecule has 1 saturated heterocycles. The number of hydrogen-bond donors (Lipinski definition) is 6. The van der Waals surface area contributed by atoms with E-state index in [9.17, 15) is 24.3 Å². The summed E-state index contributed by atoms with van der Waals surface area (Å²) in [6.07, 6.45) is 0.184. The van der Waals surface area contributed by atoms with Crippen LogP contribution in [0.15, 0.2) is 42.5 Å². The van der Waals surface area contributed by atoms with Gasteiger partial charge in [-0.2, -0.15) is 5.26 Å². The number of phenols is 1. The van der Waals surface area contributed by atoms with E-state index in [2.05, 4.69) is 40.6 Å². The van der Waals surface area contributed by atoms with Crippen molar-refractivity contribution in [1.29, 1.82) is 5.26 Å². The molecule has 4 rings (SSSR count). The monoisotopic (exact) mass is 645 g/mol. The van der Waals surface area contributed by atoms with Gasteiger partial charge in [0.1, 0.15) is 5.75 Å². The van der Waals surface area contributed by atoms with Gasteiger partial charge in [0.25, 0.3) is 0 Å². The maximum Gasteiger partial charge on any atom is 0.336 e. The number of amides is 1. The van der Waals surface area contributed by atoms with Gasteiger partial charge in [0.15, 0.2) is 5.60 Å². The molecule has 242 valence electrons. The van der Waals surface area contributed by atoms with Crippen LogP contribution >= 0.6 is 11.6 Å². The van der Waals surface area contributed by atoms with Gasteiger partial charge >= 0.3 is 17.9 Å². The third kappa shape index (κ3) is 9.63. The number of hydrogen-bond acceptors (Lipinski definition) is 9. The maximum atomic E-state index is 12.9. The van der Waals surface area contributed by atoms with E-state index in [-0.39, 0.29) is 29.6 Å². The van der Waals surface area contributed by atoms with Crippen molar-refractivity contribution >= 4 is 35.4 Å². The average molecular weight is 646 g/mol. The van der Waals surface area contributed by atoms with Crippen molar-refractivity contribution in [3.05, 3.63) is 64.2 Å². The average Bonchev–Trinajstić information content (AvgIpc) is 3.33. The number of benzene rings is 2. The zero-order valence-corrected chi connectivity index (χ0v) is 25.2. The number of nitriles is 1. The lowest BCUT2D eigenvalue weighted by atomic mass is 9.83. The van der Waals surface area contributed by atoms with Crippen molar-refractivity contribution in [2.45, 2.75) is 56.3 Å². The van der Waals surface area contributed by atoms with Gasteiger partial charge in [-0.3, -0.25) is 14.4 Å². The summed E-state index contributed by atoms with van der Waals surface area (Å²) in [5.41, 5.74) is 0.365. The lowest BCUT2D eigenvalue weighted by Gasteiger charge is -2.40. The van der Waals surface area contributed by atoms with Crippen LogP contribution in [-0.4, -0.2) is 86.0 Å². The number of halogens is 1. The number of carbonyl (C=O) groups is 4. The molecular formula is C31H36ClN3O10. The van der Waals surface area contributed by atoms with Gasteiger partial charge in [0, 0.05) is 31.2 Å². The Labute approximate surface area is 264 Å². The van der Waals surface area contributed by atoms with E-state index < -0.39 is 36.4 Å². The second kappa shape index (κ2) is 15.7. The molecule has 2 aliphatic rings. The molecule has 13 nitrogen and oxygen atoms in total. The van der Waals surface area contributed by atoms with Crippen LogP contribution in [0.3, 0.4) is 0 Å². The number of phenolic OH excluding ortho intramolecular Hbond substituents is 1. The van der Waals surface area contributed by atoms with Crippen LogP contribution in [0.1, 0.15) is 48.8 Å². The van der Waals surface area contributed by atoms with Gasteiger partial charge in [-0.25, -0.2) is 4.79 Å². The third-order valence-corrected chi connectivity index (χ3v) is 8.21. The number of carbonyl (C=O) groups excluding carboxylic acids is 1. The normalized spacial score (nSPS) is 16.0. The summed E-state index contributed by atoms with van der Waals surface area (Å²) in [6.45, 7) is 3.25. The van der Waals surface area contributed by atoms with Crippen LogP contribution in [-0.2, 0) is 42.5 Å². The molecule has 1 fully saturated rings. The van der Waals surface area contributed by atoms with Gasteiger partial charge in [0.05, 0.1) is 43.5 Å². The minimum Gasteiger partial charge on any atom is -0.508 e. The number of carboxylic acids is 3. The lowest BCUT2D eigenvalue weighted by Crippen LogP contribution is -2.47. The number of nitrogens with one attached hydrogen (secondary N) is 1. The highest BCUT2D eigenvalue weighted by Crippen LogP contribution is 2.44. The third-order valence-electron chi connectivity index (χ3n) is 7.84. The minimum absolute atomic E-state index is 0.0950. The summed E-state index contributed by atoms with van der Waals surface area (Å²) in [7, 11) is 0. The molecule has 0 radical (unpaired) electrons. The molecule has 14 heteroatoms. The largest absolute Gasteiger partial charge is 0.508 e. The number of aliphatic carboxylic acids is 3. The number of rotatable bonds is 12. The highest BCUT2D eigenvalue weighted by molar-refractivity contribution is 6.31. The van der Waals surface area contributed by atoms with Crippen molar-refractivity contribution in [1.82, 2.24) is 10.2 Å². The van der Waals surface area contributed by atoms with Crippen molar-refractivity contribution in [2.75, 3.05) is 26.2 Å². The molecule has 0 saturated carbocycles. The number of likely N-dealkylation sites (tertiary alicyclic amines) is 1. The SMILES string of the molecule is N#CCCNC(=O)C(Cc1cc(O)ccc1Cl)CN1CCC2(CC1)OCc1ccccc12.O=C(O)CC(O)(CC(=O)O)C(=O)O.